The summed E-state index contributed by atoms with van der Waals surface area (Å²) < 4.78 is 25.3. The second kappa shape index (κ2) is 9.76. The first kappa shape index (κ1) is 22.7. The van der Waals surface area contributed by atoms with E-state index in [4.69, 9.17) is 9.47 Å². The second-order valence-electron chi connectivity index (χ2n) is 6.11. The molecule has 1 aromatic carbocycles. The van der Waals surface area contributed by atoms with Crippen LogP contribution in [0.4, 0.5) is 0 Å². The van der Waals surface area contributed by atoms with Crippen LogP contribution in [0, 0.1) is 13.8 Å². The van der Waals surface area contributed by atoms with E-state index in [9.17, 15) is 9.35 Å². The van der Waals surface area contributed by atoms with Crippen LogP contribution in [0.1, 0.15) is 23.7 Å². The van der Waals surface area contributed by atoms with Gasteiger partial charge in [-0.15, -0.1) is 0 Å². The van der Waals surface area contributed by atoms with E-state index in [0.717, 1.165) is 22.4 Å². The molecule has 28 heavy (non-hydrogen) atoms. The van der Waals surface area contributed by atoms with Gasteiger partial charge in [0.1, 0.15) is 5.75 Å². The first-order chi connectivity index (χ1) is 12.9. The molecule has 0 aliphatic heterocycles. The van der Waals surface area contributed by atoms with Crippen molar-refractivity contribution < 1.29 is 18.8 Å². The van der Waals surface area contributed by atoms with E-state index >= 15 is 0 Å². The molecule has 0 bridgehead atoms. The van der Waals surface area contributed by atoms with Gasteiger partial charge in [0, 0.05) is 35.4 Å². The number of aryl methyl sites for hydroxylation is 1. The van der Waals surface area contributed by atoms with E-state index in [1.165, 1.54) is 6.92 Å². The van der Waals surface area contributed by atoms with Crippen LogP contribution in [-0.2, 0) is 33.2 Å². The van der Waals surface area contributed by atoms with Crippen molar-refractivity contribution in [2.75, 3.05) is 7.11 Å². The summed E-state index contributed by atoms with van der Waals surface area (Å²) in [6, 6.07) is 7.40. The molecule has 0 aliphatic rings. The van der Waals surface area contributed by atoms with Crippen molar-refractivity contribution in [3.8, 4) is 5.75 Å². The zero-order valence-electron chi connectivity index (χ0n) is 15.7. The van der Waals surface area contributed by atoms with Gasteiger partial charge in [-0.2, -0.15) is 4.98 Å². The molecule has 1 atom stereocenters. The maximum absolute atomic E-state index is 13.1. The summed E-state index contributed by atoms with van der Waals surface area (Å²) in [5, 5.41) is 0.346. The van der Waals surface area contributed by atoms with Gasteiger partial charge in [0.2, 0.25) is 0 Å². The second-order valence-corrected chi connectivity index (χ2v) is 7.46. The summed E-state index contributed by atoms with van der Waals surface area (Å²) in [5.41, 5.74) is 3.91. The number of hydrogen-bond acceptors (Lipinski definition) is 6. The Bertz CT molecular complexity index is 993. The van der Waals surface area contributed by atoms with Crippen molar-refractivity contribution in [3.05, 3.63) is 47.3 Å². The summed E-state index contributed by atoms with van der Waals surface area (Å²) in [6.07, 6.45) is 1.71. The Kier molecular flexibility index (Phi) is 7.91. The molecule has 0 saturated heterocycles. The number of pyridine rings is 1. The number of benzene rings is 1. The van der Waals surface area contributed by atoms with E-state index < -0.39 is 17.1 Å². The zero-order chi connectivity index (χ0) is 19.6. The van der Waals surface area contributed by atoms with Gasteiger partial charge < -0.3 is 14.0 Å². The third kappa shape index (κ3) is 4.69. The molecule has 0 N–H and O–H groups in total. The molecular formula is C19H22N3NaO4S. The third-order valence-electron chi connectivity index (χ3n) is 4.24. The van der Waals surface area contributed by atoms with E-state index in [1.54, 1.807) is 17.9 Å². The Morgan fingerprint density at radius 3 is 2.68 bits per heavy atom. The Hall–Kier alpha value is -1.58. The van der Waals surface area contributed by atoms with Crippen molar-refractivity contribution in [1.29, 1.82) is 0 Å². The van der Waals surface area contributed by atoms with Crippen LogP contribution in [0.15, 0.2) is 35.6 Å². The number of aromatic nitrogens is 3. The van der Waals surface area contributed by atoms with Crippen molar-refractivity contribution >= 4 is 57.7 Å². The summed E-state index contributed by atoms with van der Waals surface area (Å²) in [7, 11) is 1.61. The summed E-state index contributed by atoms with van der Waals surface area (Å²) in [5.74, 6) is 0.516. The van der Waals surface area contributed by atoms with Crippen LogP contribution in [0.25, 0.3) is 11.0 Å². The quantitative estimate of drug-likeness (QED) is 0.351. The van der Waals surface area contributed by atoms with E-state index in [-0.39, 0.29) is 42.0 Å². The summed E-state index contributed by atoms with van der Waals surface area (Å²) >= 11 is -1.48. The number of nitrogens with zero attached hydrogens (tertiary/aromatic N) is 3. The van der Waals surface area contributed by atoms with Crippen LogP contribution >= 0.6 is 0 Å². The zero-order valence-corrected chi connectivity index (χ0v) is 16.5. The van der Waals surface area contributed by atoms with Gasteiger partial charge in [-0.25, -0.2) is 4.57 Å². The topological polar surface area (TPSA) is 89.3 Å². The average molecular weight is 411 g/mol. The van der Waals surface area contributed by atoms with Crippen LogP contribution in [0.5, 0.6) is 5.75 Å². The van der Waals surface area contributed by atoms with Gasteiger partial charge in [0.15, 0.2) is 12.5 Å². The molecule has 9 heteroatoms. The predicted molar refractivity (Wildman–Crippen MR) is 109 cm³/mol. The standard InChI is InChI=1S/C19H21N3O4S.Na.H/c1-12-9-20-16(13(2)18(12)25-4)10-27(24)19-21-15-7-5-6-8-17(15)22(19)11-26-14(3)23;;/h5-9H,10-11H2,1-4H3;;. The molecule has 2 aromatic heterocycles. The summed E-state index contributed by atoms with van der Waals surface area (Å²) in [4.78, 5) is 20.1. The normalized spacial score (nSPS) is 11.8. The fraction of sp³-hybridized carbons (Fsp3) is 0.316. The number of carbonyl (C=O) groups excluding carboxylic acids is 1. The molecule has 0 fully saturated rings. The molecule has 0 aliphatic carbocycles. The van der Waals surface area contributed by atoms with Crippen molar-refractivity contribution in [2.24, 2.45) is 0 Å². The predicted octanol–water partition coefficient (Wildman–Crippen LogP) is 2.24. The number of hydrogen-bond donors (Lipinski definition) is 0. The molecule has 2 heterocycles. The van der Waals surface area contributed by atoms with Gasteiger partial charge in [0.25, 0.3) is 0 Å². The molecule has 0 radical (unpaired) electrons. The number of fused-ring (bicyclic) bond motifs is 1. The average Bonchev–Trinajstić information content (AvgIpc) is 3.01. The Morgan fingerprint density at radius 1 is 1.29 bits per heavy atom. The van der Waals surface area contributed by atoms with Gasteiger partial charge in [0.05, 0.1) is 23.8 Å². The monoisotopic (exact) mass is 411 g/mol. The van der Waals surface area contributed by atoms with Gasteiger partial charge >= 0.3 is 40.7 Å². The van der Waals surface area contributed by atoms with Gasteiger partial charge in [-0.05, 0) is 26.0 Å². The number of esters is 1. The maximum atomic E-state index is 13.1. The summed E-state index contributed by atoms with van der Waals surface area (Å²) in [6.45, 7) is 5.10. The Morgan fingerprint density at radius 2 is 2.00 bits per heavy atom. The number of carbonyl (C=O) groups is 1. The van der Waals surface area contributed by atoms with E-state index in [0.29, 0.717) is 16.4 Å². The number of rotatable bonds is 6. The van der Waals surface area contributed by atoms with Crippen LogP contribution in [0.2, 0.25) is 0 Å². The van der Waals surface area contributed by atoms with E-state index in [2.05, 4.69) is 9.97 Å². The number of imidazole rings is 1. The first-order valence-corrected chi connectivity index (χ1v) is 9.70. The van der Waals surface area contributed by atoms with Crippen LogP contribution in [-0.4, -0.2) is 61.7 Å². The molecule has 7 nitrogen and oxygen atoms in total. The fourth-order valence-electron chi connectivity index (χ4n) is 2.91. The molecule has 1 unspecified atom stereocenters. The molecule has 3 rings (SSSR count). The van der Waals surface area contributed by atoms with Gasteiger partial charge in [-0.1, -0.05) is 12.1 Å². The van der Waals surface area contributed by atoms with E-state index in [1.807, 2.05) is 38.1 Å². The van der Waals surface area contributed by atoms with Crippen molar-refractivity contribution in [1.82, 2.24) is 14.5 Å². The Balaban J connectivity index is 0.00000280. The number of para-hydroxylation sites is 2. The van der Waals surface area contributed by atoms with Crippen molar-refractivity contribution in [3.63, 3.8) is 0 Å². The van der Waals surface area contributed by atoms with Crippen LogP contribution < -0.4 is 4.74 Å². The fourth-order valence-corrected chi connectivity index (χ4v) is 4.18. The molecule has 0 spiro atoms. The molecular weight excluding hydrogens is 389 g/mol. The SMILES string of the molecule is COc1c(C)cnc(C[S+]([O-])c2nc3ccccc3n2COC(C)=O)c1C.[NaH]. The van der Waals surface area contributed by atoms with Crippen molar-refractivity contribution in [2.45, 2.75) is 38.4 Å². The molecule has 144 valence electrons. The number of methoxy groups -OCH3 is 1. The molecule has 0 amide bonds. The Labute approximate surface area is 188 Å². The molecule has 3 aromatic rings. The van der Waals surface area contributed by atoms with Gasteiger partial charge in [-0.3, -0.25) is 9.78 Å². The minimum atomic E-state index is -1.48. The third-order valence-corrected chi connectivity index (χ3v) is 5.49. The van der Waals surface area contributed by atoms with Crippen LogP contribution in [0.3, 0.4) is 0 Å². The molecule has 0 saturated carbocycles. The number of ether oxygens (including phenoxy) is 2. The first-order valence-electron chi connectivity index (χ1n) is 8.38. The minimum absolute atomic E-state index is 0.